The van der Waals surface area contributed by atoms with Crippen LogP contribution in [0.5, 0.6) is 17.2 Å². The predicted octanol–water partition coefficient (Wildman–Crippen LogP) is 5.29. The third-order valence-electron chi connectivity index (χ3n) is 5.84. The van der Waals surface area contributed by atoms with E-state index in [1.165, 1.54) is 32.0 Å². The Bertz CT molecular complexity index is 1300. The number of halogens is 6. The van der Waals surface area contributed by atoms with Gasteiger partial charge in [-0.2, -0.15) is 26.3 Å². The number of ether oxygens (including phenoxy) is 3. The molecule has 0 amide bonds. The Morgan fingerprint density at radius 2 is 1.49 bits per heavy atom. The average molecular weight is 507 g/mol. The van der Waals surface area contributed by atoms with E-state index in [-0.39, 0.29) is 45.5 Å². The summed E-state index contributed by atoms with van der Waals surface area (Å²) in [4.78, 5) is 13.5. The van der Waals surface area contributed by atoms with Gasteiger partial charge in [0.1, 0.15) is 0 Å². The summed E-state index contributed by atoms with van der Waals surface area (Å²) in [6.45, 7) is 2.00. The highest BCUT2D eigenvalue weighted by Gasteiger charge is 2.71. The van der Waals surface area contributed by atoms with E-state index in [4.69, 9.17) is 14.2 Å². The molecule has 3 rings (SSSR count). The Morgan fingerprint density at radius 3 is 1.97 bits per heavy atom. The molecule has 0 aliphatic rings. The summed E-state index contributed by atoms with van der Waals surface area (Å²) in [5.74, 6) is -0.0262. The SMILES string of the molecule is CCCCn1c(=O)c2c(OC)c(OC)c(OC)cc2c2cc(C(O)(C(F)(F)F)C(F)(F)F)ccc21. The van der Waals surface area contributed by atoms with Crippen molar-refractivity contribution in [2.45, 2.75) is 44.3 Å². The number of nitrogens with zero attached hydrogens (tertiary/aromatic N) is 1. The van der Waals surface area contributed by atoms with Gasteiger partial charge < -0.3 is 23.9 Å². The van der Waals surface area contributed by atoms with Crippen molar-refractivity contribution in [1.82, 2.24) is 4.57 Å². The van der Waals surface area contributed by atoms with Crippen molar-refractivity contribution < 1.29 is 45.7 Å². The minimum absolute atomic E-state index is 0.0270. The fourth-order valence-corrected chi connectivity index (χ4v) is 4.06. The minimum atomic E-state index is -6.07. The maximum atomic E-state index is 13.6. The predicted molar refractivity (Wildman–Crippen MR) is 116 cm³/mol. The third kappa shape index (κ3) is 4.03. The number of hydrogen-bond donors (Lipinski definition) is 1. The second-order valence-corrected chi connectivity index (χ2v) is 7.82. The van der Waals surface area contributed by atoms with Gasteiger partial charge in [0.2, 0.25) is 5.75 Å². The van der Waals surface area contributed by atoms with E-state index < -0.39 is 29.1 Å². The molecular weight excluding hydrogens is 484 g/mol. The van der Waals surface area contributed by atoms with E-state index in [0.29, 0.717) is 25.0 Å². The van der Waals surface area contributed by atoms with Crippen LogP contribution in [0.15, 0.2) is 29.1 Å². The highest BCUT2D eigenvalue weighted by Crippen LogP contribution is 2.51. The van der Waals surface area contributed by atoms with Crippen molar-refractivity contribution in [3.63, 3.8) is 0 Å². The van der Waals surface area contributed by atoms with Crippen molar-refractivity contribution in [1.29, 1.82) is 0 Å². The number of aliphatic hydroxyl groups is 1. The average Bonchev–Trinajstić information content (AvgIpc) is 2.80. The number of unbranched alkanes of at least 4 members (excludes halogenated alkanes) is 1. The lowest BCUT2D eigenvalue weighted by molar-refractivity contribution is -0.376. The minimum Gasteiger partial charge on any atom is -0.493 e. The van der Waals surface area contributed by atoms with Gasteiger partial charge in [-0.3, -0.25) is 4.79 Å². The van der Waals surface area contributed by atoms with Crippen LogP contribution in [-0.2, 0) is 12.1 Å². The molecule has 0 radical (unpaired) electrons. The first kappa shape index (κ1) is 26.5. The van der Waals surface area contributed by atoms with Crippen LogP contribution in [0.1, 0.15) is 25.3 Å². The molecule has 0 atom stereocenters. The number of alkyl halides is 6. The number of pyridine rings is 1. The molecule has 0 bridgehead atoms. The molecule has 0 fully saturated rings. The van der Waals surface area contributed by atoms with Crippen molar-refractivity contribution >= 4 is 21.7 Å². The van der Waals surface area contributed by atoms with Crippen LogP contribution < -0.4 is 19.8 Å². The molecule has 12 heteroatoms. The fraction of sp³-hybridized carbons (Fsp3) is 0.435. The first-order valence-corrected chi connectivity index (χ1v) is 10.4. The Balaban J connectivity index is 2.60. The Kier molecular flexibility index (Phi) is 6.91. The molecule has 1 aromatic heterocycles. The normalized spacial score (nSPS) is 12.9. The summed E-state index contributed by atoms with van der Waals surface area (Å²) in [5.41, 5.74) is -7.07. The number of rotatable bonds is 7. The van der Waals surface area contributed by atoms with Crippen molar-refractivity contribution in [3.8, 4) is 17.2 Å². The van der Waals surface area contributed by atoms with Gasteiger partial charge in [0, 0.05) is 22.9 Å². The summed E-state index contributed by atoms with van der Waals surface area (Å²) in [7, 11) is 3.79. The zero-order valence-electron chi connectivity index (χ0n) is 19.2. The zero-order chi connectivity index (χ0) is 26.3. The van der Waals surface area contributed by atoms with Gasteiger partial charge in [-0.15, -0.1) is 0 Å². The molecule has 0 unspecified atom stereocenters. The van der Waals surface area contributed by atoms with E-state index in [9.17, 15) is 36.2 Å². The summed E-state index contributed by atoms with van der Waals surface area (Å²) in [6, 6.07) is 3.35. The molecule has 3 aromatic rings. The second kappa shape index (κ2) is 9.14. The van der Waals surface area contributed by atoms with Crippen molar-refractivity contribution in [2.24, 2.45) is 0 Å². The molecular formula is C23H23F6NO5. The number of benzene rings is 2. The van der Waals surface area contributed by atoms with Gasteiger partial charge in [-0.1, -0.05) is 19.4 Å². The molecule has 1 N–H and O–H groups in total. The fourth-order valence-electron chi connectivity index (χ4n) is 4.06. The van der Waals surface area contributed by atoms with Crippen LogP contribution in [0.2, 0.25) is 0 Å². The van der Waals surface area contributed by atoms with Crippen LogP contribution in [0.4, 0.5) is 26.3 Å². The van der Waals surface area contributed by atoms with Crippen molar-refractivity contribution in [3.05, 3.63) is 40.2 Å². The maximum Gasteiger partial charge on any atom is 0.430 e. The molecule has 0 aliphatic heterocycles. The molecule has 1 heterocycles. The summed E-state index contributed by atoms with van der Waals surface area (Å²) in [5, 5.41) is 9.66. The van der Waals surface area contributed by atoms with E-state index in [2.05, 4.69) is 0 Å². The quantitative estimate of drug-likeness (QED) is 0.348. The van der Waals surface area contributed by atoms with Crippen LogP contribution in [0.3, 0.4) is 0 Å². The first-order valence-electron chi connectivity index (χ1n) is 10.4. The van der Waals surface area contributed by atoms with Crippen LogP contribution in [-0.4, -0.2) is 43.4 Å². The van der Waals surface area contributed by atoms with E-state index in [1.807, 2.05) is 6.92 Å². The molecule has 192 valence electrons. The van der Waals surface area contributed by atoms with Gasteiger partial charge >= 0.3 is 12.4 Å². The monoisotopic (exact) mass is 507 g/mol. The number of fused-ring (bicyclic) bond motifs is 3. The highest BCUT2D eigenvalue weighted by molar-refractivity contribution is 6.09. The lowest BCUT2D eigenvalue weighted by Gasteiger charge is -2.33. The maximum absolute atomic E-state index is 13.6. The number of aryl methyl sites for hydroxylation is 1. The summed E-state index contributed by atoms with van der Waals surface area (Å²) >= 11 is 0. The zero-order valence-corrected chi connectivity index (χ0v) is 19.2. The topological polar surface area (TPSA) is 69.9 Å². The van der Waals surface area contributed by atoms with E-state index >= 15 is 0 Å². The molecule has 2 aromatic carbocycles. The highest BCUT2D eigenvalue weighted by atomic mass is 19.4. The van der Waals surface area contributed by atoms with E-state index in [1.54, 1.807) is 0 Å². The van der Waals surface area contributed by atoms with Gasteiger partial charge in [0.05, 0.1) is 32.2 Å². The summed E-state index contributed by atoms with van der Waals surface area (Å²) in [6.07, 6.45) is -11.0. The largest absolute Gasteiger partial charge is 0.493 e. The number of methoxy groups -OCH3 is 3. The lowest BCUT2D eigenvalue weighted by atomic mass is 9.90. The molecule has 35 heavy (non-hydrogen) atoms. The molecule has 0 spiro atoms. The van der Waals surface area contributed by atoms with Gasteiger partial charge in [-0.25, -0.2) is 0 Å². The first-order chi connectivity index (χ1) is 16.3. The van der Waals surface area contributed by atoms with Gasteiger partial charge in [-0.05, 0) is 24.6 Å². The number of hydrogen-bond acceptors (Lipinski definition) is 5. The third-order valence-corrected chi connectivity index (χ3v) is 5.84. The molecule has 0 aliphatic carbocycles. The molecule has 0 saturated carbocycles. The Morgan fingerprint density at radius 1 is 0.886 bits per heavy atom. The standard InChI is InChI=1S/C23H23F6NO5/c1-5-6-9-30-15-8-7-12(21(32,22(24,25)26)23(27,28)29)10-13(15)14-11-16(33-2)18(34-3)19(35-4)17(14)20(30)31/h7-8,10-11,32H,5-6,9H2,1-4H3. The van der Waals surface area contributed by atoms with Crippen LogP contribution in [0.25, 0.3) is 21.7 Å². The van der Waals surface area contributed by atoms with Crippen LogP contribution >= 0.6 is 0 Å². The van der Waals surface area contributed by atoms with E-state index in [0.717, 1.165) is 6.07 Å². The van der Waals surface area contributed by atoms with Crippen LogP contribution in [0, 0.1) is 0 Å². The molecule has 6 nitrogen and oxygen atoms in total. The Hall–Kier alpha value is -3.15. The second-order valence-electron chi connectivity index (χ2n) is 7.82. The van der Waals surface area contributed by atoms with Gasteiger partial charge in [0.15, 0.2) is 11.5 Å². The Labute approximate surface area is 195 Å². The van der Waals surface area contributed by atoms with Gasteiger partial charge in [0.25, 0.3) is 11.2 Å². The molecule has 0 saturated heterocycles. The summed E-state index contributed by atoms with van der Waals surface area (Å²) < 4.78 is 98.5. The smallest absolute Gasteiger partial charge is 0.430 e. The lowest BCUT2D eigenvalue weighted by Crippen LogP contribution is -2.53. The van der Waals surface area contributed by atoms with Crippen molar-refractivity contribution in [2.75, 3.05) is 21.3 Å². The number of aromatic nitrogens is 1.